The lowest BCUT2D eigenvalue weighted by Gasteiger charge is -2.13. The molecule has 1 heterocycles. The molecule has 3 aromatic rings. The topological polar surface area (TPSA) is 60.5 Å². The summed E-state index contributed by atoms with van der Waals surface area (Å²) in [5.41, 5.74) is 2.27. The SMILES string of the molecule is CCCOc1ccc(C(=O)Nc2ccc(-c3nccs3)cc2)cc1OCC. The number of rotatable bonds is 8. The molecule has 0 aliphatic carbocycles. The molecule has 1 N–H and O–H groups in total. The lowest BCUT2D eigenvalue weighted by molar-refractivity contribution is 0.102. The molecular weight excluding hydrogens is 360 g/mol. The summed E-state index contributed by atoms with van der Waals surface area (Å²) in [5, 5.41) is 5.81. The first kappa shape index (κ1) is 18.9. The molecule has 2 aromatic carbocycles. The molecule has 140 valence electrons. The van der Waals surface area contributed by atoms with Crippen molar-refractivity contribution in [3.63, 3.8) is 0 Å². The van der Waals surface area contributed by atoms with E-state index < -0.39 is 0 Å². The van der Waals surface area contributed by atoms with Gasteiger partial charge in [0.1, 0.15) is 5.01 Å². The van der Waals surface area contributed by atoms with Crippen molar-refractivity contribution in [1.29, 1.82) is 0 Å². The van der Waals surface area contributed by atoms with Gasteiger partial charge in [-0.2, -0.15) is 0 Å². The molecule has 3 rings (SSSR count). The van der Waals surface area contributed by atoms with Gasteiger partial charge in [-0.3, -0.25) is 4.79 Å². The number of amides is 1. The molecular formula is C21H22N2O3S. The van der Waals surface area contributed by atoms with Crippen LogP contribution in [0.2, 0.25) is 0 Å². The van der Waals surface area contributed by atoms with Gasteiger partial charge in [-0.15, -0.1) is 11.3 Å². The summed E-state index contributed by atoms with van der Waals surface area (Å²) in [6.45, 7) is 5.06. The van der Waals surface area contributed by atoms with Gasteiger partial charge < -0.3 is 14.8 Å². The largest absolute Gasteiger partial charge is 0.490 e. The Kier molecular flexibility index (Phi) is 6.44. The summed E-state index contributed by atoms with van der Waals surface area (Å²) >= 11 is 1.58. The van der Waals surface area contributed by atoms with Crippen LogP contribution in [0.1, 0.15) is 30.6 Å². The van der Waals surface area contributed by atoms with Crippen molar-refractivity contribution in [2.24, 2.45) is 0 Å². The fraction of sp³-hybridized carbons (Fsp3) is 0.238. The number of carbonyl (C=O) groups excluding carboxylic acids is 1. The number of anilines is 1. The minimum absolute atomic E-state index is 0.194. The van der Waals surface area contributed by atoms with Crippen LogP contribution in [0.25, 0.3) is 10.6 Å². The fourth-order valence-electron chi connectivity index (χ4n) is 2.51. The molecule has 0 aliphatic rings. The van der Waals surface area contributed by atoms with Crippen molar-refractivity contribution in [2.75, 3.05) is 18.5 Å². The summed E-state index contributed by atoms with van der Waals surface area (Å²) in [7, 11) is 0. The predicted octanol–water partition coefficient (Wildman–Crippen LogP) is 5.25. The van der Waals surface area contributed by atoms with Crippen LogP contribution < -0.4 is 14.8 Å². The van der Waals surface area contributed by atoms with Gasteiger partial charge >= 0.3 is 0 Å². The maximum absolute atomic E-state index is 12.6. The fourth-order valence-corrected chi connectivity index (χ4v) is 3.16. The number of nitrogens with zero attached hydrogens (tertiary/aromatic N) is 1. The predicted molar refractivity (Wildman–Crippen MR) is 109 cm³/mol. The van der Waals surface area contributed by atoms with Crippen molar-refractivity contribution in [2.45, 2.75) is 20.3 Å². The average molecular weight is 382 g/mol. The molecule has 0 saturated heterocycles. The van der Waals surface area contributed by atoms with Crippen LogP contribution in [-0.4, -0.2) is 24.1 Å². The third kappa shape index (κ3) is 4.86. The third-order valence-electron chi connectivity index (χ3n) is 3.79. The van der Waals surface area contributed by atoms with Gasteiger partial charge in [-0.1, -0.05) is 6.92 Å². The molecule has 0 radical (unpaired) electrons. The summed E-state index contributed by atoms with van der Waals surface area (Å²) in [4.78, 5) is 16.9. The van der Waals surface area contributed by atoms with Gasteiger partial charge in [0.05, 0.1) is 13.2 Å². The molecule has 1 aromatic heterocycles. The number of thiazole rings is 1. The smallest absolute Gasteiger partial charge is 0.255 e. The molecule has 0 fully saturated rings. The highest BCUT2D eigenvalue weighted by Crippen LogP contribution is 2.29. The van der Waals surface area contributed by atoms with E-state index in [9.17, 15) is 4.79 Å². The average Bonchev–Trinajstić information content (AvgIpc) is 3.22. The second-order valence-electron chi connectivity index (χ2n) is 5.81. The molecule has 0 saturated carbocycles. The molecule has 0 bridgehead atoms. The van der Waals surface area contributed by atoms with Crippen LogP contribution in [0.3, 0.4) is 0 Å². The first-order chi connectivity index (χ1) is 13.2. The van der Waals surface area contributed by atoms with Crippen LogP contribution in [0.15, 0.2) is 54.0 Å². The Bertz CT molecular complexity index is 877. The van der Waals surface area contributed by atoms with Gasteiger partial charge in [-0.05, 0) is 55.8 Å². The highest BCUT2D eigenvalue weighted by Gasteiger charge is 2.12. The molecule has 0 unspecified atom stereocenters. The van der Waals surface area contributed by atoms with Crippen LogP contribution in [0.5, 0.6) is 11.5 Å². The Labute approximate surface area is 163 Å². The Morgan fingerprint density at radius 2 is 1.89 bits per heavy atom. The summed E-state index contributed by atoms with van der Waals surface area (Å²) in [6, 6.07) is 12.9. The standard InChI is InChI=1S/C21H22N2O3S/c1-3-12-26-18-10-7-16(14-19(18)25-4-2)20(24)23-17-8-5-15(6-9-17)21-22-11-13-27-21/h5-11,13-14H,3-4,12H2,1-2H3,(H,23,24). The van der Waals surface area contributed by atoms with Crippen molar-refractivity contribution in [3.05, 3.63) is 59.6 Å². The minimum atomic E-state index is -0.194. The molecule has 5 nitrogen and oxygen atoms in total. The third-order valence-corrected chi connectivity index (χ3v) is 4.61. The number of benzene rings is 2. The Hall–Kier alpha value is -2.86. The zero-order chi connectivity index (χ0) is 19.1. The molecule has 0 spiro atoms. The van der Waals surface area contributed by atoms with Crippen molar-refractivity contribution >= 4 is 22.9 Å². The van der Waals surface area contributed by atoms with E-state index in [-0.39, 0.29) is 5.91 Å². The van der Waals surface area contributed by atoms with E-state index in [0.717, 1.165) is 22.7 Å². The molecule has 0 aliphatic heterocycles. The van der Waals surface area contributed by atoms with Crippen molar-refractivity contribution in [3.8, 4) is 22.1 Å². The van der Waals surface area contributed by atoms with E-state index in [4.69, 9.17) is 9.47 Å². The zero-order valence-electron chi connectivity index (χ0n) is 15.4. The number of nitrogens with one attached hydrogen (secondary N) is 1. The van der Waals surface area contributed by atoms with Gasteiger partial charge in [0, 0.05) is 28.4 Å². The van der Waals surface area contributed by atoms with Gasteiger partial charge in [0.15, 0.2) is 11.5 Å². The van der Waals surface area contributed by atoms with E-state index in [1.54, 1.807) is 35.7 Å². The monoisotopic (exact) mass is 382 g/mol. The number of carbonyl (C=O) groups is 1. The second-order valence-corrected chi connectivity index (χ2v) is 6.71. The van der Waals surface area contributed by atoms with Crippen LogP contribution in [-0.2, 0) is 0 Å². The van der Waals surface area contributed by atoms with E-state index in [0.29, 0.717) is 30.3 Å². The summed E-state index contributed by atoms with van der Waals surface area (Å²) in [5.74, 6) is 1.04. The zero-order valence-corrected chi connectivity index (χ0v) is 16.2. The maximum Gasteiger partial charge on any atom is 0.255 e. The van der Waals surface area contributed by atoms with Gasteiger partial charge in [0.25, 0.3) is 5.91 Å². The van der Waals surface area contributed by atoms with Gasteiger partial charge in [0.2, 0.25) is 0 Å². The lowest BCUT2D eigenvalue weighted by Crippen LogP contribution is -2.12. The highest BCUT2D eigenvalue weighted by molar-refractivity contribution is 7.13. The molecule has 0 atom stereocenters. The van der Waals surface area contributed by atoms with Crippen LogP contribution >= 0.6 is 11.3 Å². The molecule has 1 amide bonds. The first-order valence-electron chi connectivity index (χ1n) is 8.92. The summed E-state index contributed by atoms with van der Waals surface area (Å²) in [6.07, 6.45) is 2.68. The molecule has 6 heteroatoms. The Morgan fingerprint density at radius 3 is 2.56 bits per heavy atom. The van der Waals surface area contributed by atoms with Crippen LogP contribution in [0.4, 0.5) is 5.69 Å². The lowest BCUT2D eigenvalue weighted by atomic mass is 10.1. The molecule has 27 heavy (non-hydrogen) atoms. The Morgan fingerprint density at radius 1 is 1.07 bits per heavy atom. The minimum Gasteiger partial charge on any atom is -0.490 e. The Balaban J connectivity index is 1.72. The number of hydrogen-bond acceptors (Lipinski definition) is 5. The normalized spacial score (nSPS) is 10.4. The second kappa shape index (κ2) is 9.19. The van der Waals surface area contributed by atoms with E-state index in [1.807, 2.05) is 43.5 Å². The van der Waals surface area contributed by atoms with Gasteiger partial charge in [-0.25, -0.2) is 4.98 Å². The van der Waals surface area contributed by atoms with Crippen LogP contribution in [0, 0.1) is 0 Å². The number of ether oxygens (including phenoxy) is 2. The van der Waals surface area contributed by atoms with Crippen molar-refractivity contribution < 1.29 is 14.3 Å². The van der Waals surface area contributed by atoms with E-state index >= 15 is 0 Å². The number of aromatic nitrogens is 1. The number of hydrogen-bond donors (Lipinski definition) is 1. The van der Waals surface area contributed by atoms with E-state index in [1.165, 1.54) is 0 Å². The summed E-state index contributed by atoms with van der Waals surface area (Å²) < 4.78 is 11.3. The van der Waals surface area contributed by atoms with E-state index in [2.05, 4.69) is 10.3 Å². The quantitative estimate of drug-likeness (QED) is 0.578. The highest BCUT2D eigenvalue weighted by atomic mass is 32.1. The van der Waals surface area contributed by atoms with Crippen molar-refractivity contribution in [1.82, 2.24) is 4.98 Å². The first-order valence-corrected chi connectivity index (χ1v) is 9.80. The maximum atomic E-state index is 12.6.